The summed E-state index contributed by atoms with van der Waals surface area (Å²) in [6, 6.07) is 9.46. The molecular weight excluding hydrogens is 1160 g/mol. The van der Waals surface area contributed by atoms with E-state index >= 15 is 0 Å². The number of aliphatic hydroxyl groups excluding tert-OH is 1. The molecule has 0 spiro atoms. The summed E-state index contributed by atoms with van der Waals surface area (Å²) in [6.45, 7) is 5.31. The molecule has 0 saturated heterocycles. The highest BCUT2D eigenvalue weighted by Gasteiger charge is 2.33. The van der Waals surface area contributed by atoms with Gasteiger partial charge in [-0.2, -0.15) is 0 Å². The first-order valence-corrected chi connectivity index (χ1v) is 29.9. The number of aryl methyl sites for hydroxylation is 1. The molecule has 1 aliphatic heterocycles. The molecule has 6 amide bonds. The van der Waals surface area contributed by atoms with Crippen molar-refractivity contribution < 1.29 is 38.6 Å². The number of carbonyl (C=O) groups excluding carboxylic acids is 6. The van der Waals surface area contributed by atoms with Crippen LogP contribution in [0.5, 0.6) is 0 Å². The van der Waals surface area contributed by atoms with Gasteiger partial charge in [-0.15, -0.1) is 68.0 Å². The summed E-state index contributed by atoms with van der Waals surface area (Å²) in [7, 11) is 2.94. The summed E-state index contributed by atoms with van der Waals surface area (Å²) in [5.74, 6) is -3.67. The summed E-state index contributed by atoms with van der Waals surface area (Å²) in [4.78, 5) is 121. The van der Waals surface area contributed by atoms with Gasteiger partial charge in [0.2, 0.25) is 11.8 Å². The van der Waals surface area contributed by atoms with Crippen LogP contribution in [0.1, 0.15) is 117 Å². The molecule has 1 aliphatic rings. The molecule has 30 heteroatoms. The summed E-state index contributed by atoms with van der Waals surface area (Å²) >= 11 is 7.13. The maximum atomic E-state index is 14.3. The number of hydrogen-bond acceptors (Lipinski definition) is 22. The number of thiazole rings is 6. The number of nitrogens with one attached hydrogen (secondary N) is 6. The van der Waals surface area contributed by atoms with Gasteiger partial charge < -0.3 is 53.2 Å². The second-order valence-electron chi connectivity index (χ2n) is 18.2. The van der Waals surface area contributed by atoms with Gasteiger partial charge in [0, 0.05) is 52.7 Å². The van der Waals surface area contributed by atoms with E-state index < -0.39 is 66.2 Å². The van der Waals surface area contributed by atoms with E-state index in [9.17, 15) is 33.9 Å². The van der Waals surface area contributed by atoms with Crippen molar-refractivity contribution in [2.45, 2.75) is 58.0 Å². The summed E-state index contributed by atoms with van der Waals surface area (Å²) < 4.78 is 5.44. The highest BCUT2D eigenvalue weighted by atomic mass is 32.1. The number of carbonyl (C=O) groups is 6. The van der Waals surface area contributed by atoms with Crippen LogP contribution in [0.15, 0.2) is 69.0 Å². The molecule has 0 radical (unpaired) electrons. The van der Waals surface area contributed by atoms with Crippen LogP contribution in [0.2, 0.25) is 0 Å². The second kappa shape index (κ2) is 25.7. The number of ether oxygens (including phenoxy) is 1. The molecule has 8 aromatic rings. The van der Waals surface area contributed by atoms with Crippen molar-refractivity contribution >= 4 is 109 Å². The lowest BCUT2D eigenvalue weighted by Gasteiger charge is -2.23. The highest BCUT2D eigenvalue weighted by Crippen LogP contribution is 2.40. The Labute approximate surface area is 486 Å². The molecule has 0 saturated carbocycles. The molecule has 24 nitrogen and oxygen atoms in total. The number of nitrogens with zero attached hydrogens (tertiary/aromatic N) is 8. The Hall–Kier alpha value is -7.84. The number of fused-ring (bicyclic) bond motifs is 14. The molecule has 0 fully saturated rings. The van der Waals surface area contributed by atoms with E-state index in [1.165, 1.54) is 70.8 Å². The van der Waals surface area contributed by atoms with Gasteiger partial charge in [-0.3, -0.25) is 33.8 Å². The van der Waals surface area contributed by atoms with E-state index in [1.54, 1.807) is 70.9 Å². The third-order valence-corrected chi connectivity index (χ3v) is 17.9. The SMILES string of the molecule is CNC(=O)C[C@@H]1NC(=O)c2csc(n2)-c2ccc(-c3nc(C(=O)NCCN=C(N)N)cs3)nc2-c2csc(n2)-c2csc(n2)C(C(O)c2ccccc2)NC(=O)CNC(=O)c2nc(sc2COC)[C@H](C(C)C)NC(=O)c2nc1sc2C. The zero-order valence-electron chi connectivity index (χ0n) is 43.8. The van der Waals surface area contributed by atoms with E-state index in [0.29, 0.717) is 68.7 Å². The number of aliphatic hydroxyl groups is 1. The monoisotopic (exact) mass is 1210 g/mol. The Balaban J connectivity index is 1.12. The lowest BCUT2D eigenvalue weighted by atomic mass is 10.0. The molecule has 9 rings (SSSR count). The highest BCUT2D eigenvalue weighted by molar-refractivity contribution is 7.15. The van der Waals surface area contributed by atoms with Crippen LogP contribution in [-0.4, -0.2) is 115 Å². The smallest absolute Gasteiger partial charge is 0.271 e. The summed E-state index contributed by atoms with van der Waals surface area (Å²) in [5.41, 5.74) is 13.6. The Morgan fingerprint density at radius 1 is 0.741 bits per heavy atom. The number of aromatic nitrogens is 7. The zero-order valence-corrected chi connectivity index (χ0v) is 48.7. The lowest BCUT2D eigenvalue weighted by Crippen LogP contribution is -2.40. The molecule has 8 heterocycles. The number of amides is 6. The molecule has 2 unspecified atom stereocenters. The molecule has 11 N–H and O–H groups in total. The number of methoxy groups -OCH3 is 1. The molecule has 7 aromatic heterocycles. The number of nitrogens with two attached hydrogens (primary N) is 2. The van der Waals surface area contributed by atoms with Crippen LogP contribution < -0.4 is 43.4 Å². The van der Waals surface area contributed by atoms with Crippen LogP contribution in [0.4, 0.5) is 0 Å². The first kappa shape index (κ1) is 57.8. The van der Waals surface area contributed by atoms with Gasteiger partial charge in [-0.1, -0.05) is 44.2 Å². The molecule has 81 heavy (non-hydrogen) atoms. The van der Waals surface area contributed by atoms with Gasteiger partial charge in [0.05, 0.1) is 48.8 Å². The number of aliphatic imine (C=N–C) groups is 1. The number of rotatable bonds is 12. The maximum Gasteiger partial charge on any atom is 0.271 e. The predicted octanol–water partition coefficient (Wildman–Crippen LogP) is 5.32. The van der Waals surface area contributed by atoms with Crippen molar-refractivity contribution in [3.8, 4) is 43.4 Å². The Kier molecular flexibility index (Phi) is 18.4. The largest absolute Gasteiger partial charge is 0.386 e. The minimum atomic E-state index is -1.28. The second-order valence-corrected chi connectivity index (χ2v) is 24.0. The molecule has 4 atom stereocenters. The van der Waals surface area contributed by atoms with E-state index in [1.807, 2.05) is 13.8 Å². The Morgan fingerprint density at radius 3 is 2.21 bits per heavy atom. The first-order chi connectivity index (χ1) is 39.0. The molecule has 1 aromatic carbocycles. The number of hydrogen-bond donors (Lipinski definition) is 9. The standard InChI is InChI=1S/C51H52N16O8S6/c1-22(2)35-50-67-38(32(81-50)17-75-5)43(73)57-16-34(69)64-39(40(70)24-9-7-6-8-10-24)49-63-31(21-79-49)47-60-28(18-77-47)37-25(11-12-26(58-37)46-62-29(19-78-46)41(71)55-13-14-56-51(52)53)45-61-30(20-76-45)42(72)59-27(15-33(68)54-4)48-66-36(23(3)80-48)44(74)65-35/h6-12,18-22,27,35,39-40,70H,13-17H2,1-5H3,(H,54,68)(H,55,71)(H,57,73)(H,59,72)(H,64,69)(H,65,74)(H4,52,53,56)/t27-,35-,39?,40?/m0/s1. The quantitative estimate of drug-likeness (QED) is 0.0425. The topological polar surface area (TPSA) is 359 Å². The van der Waals surface area contributed by atoms with Crippen LogP contribution in [0.25, 0.3) is 43.4 Å². The van der Waals surface area contributed by atoms with Crippen LogP contribution >= 0.6 is 68.0 Å². The summed E-state index contributed by atoms with van der Waals surface area (Å²) in [5, 5.41) is 37.7. The number of guanidine groups is 1. The lowest BCUT2D eigenvalue weighted by molar-refractivity contribution is -0.122. The van der Waals surface area contributed by atoms with Gasteiger partial charge in [0.15, 0.2) is 5.96 Å². The fraction of sp³-hybridized carbons (Fsp3) is 0.294. The van der Waals surface area contributed by atoms with E-state index in [-0.39, 0.29) is 65.8 Å². The average molecular weight is 1210 g/mol. The summed E-state index contributed by atoms with van der Waals surface area (Å²) in [6.07, 6.45) is -1.49. The van der Waals surface area contributed by atoms with Crippen LogP contribution in [0.3, 0.4) is 0 Å². The van der Waals surface area contributed by atoms with Crippen molar-refractivity contribution in [1.29, 1.82) is 0 Å². The number of pyridine rings is 1. The normalized spacial score (nSPS) is 16.4. The fourth-order valence-corrected chi connectivity index (χ4v) is 13.7. The predicted molar refractivity (Wildman–Crippen MR) is 310 cm³/mol. The van der Waals surface area contributed by atoms with Crippen molar-refractivity contribution in [2.75, 3.05) is 33.8 Å². The average Bonchev–Trinajstić information content (AvgIpc) is 4.42. The van der Waals surface area contributed by atoms with Gasteiger partial charge in [0.1, 0.15) is 82.0 Å². The number of benzene rings is 1. The first-order valence-electron chi connectivity index (χ1n) is 24.7. The maximum absolute atomic E-state index is 14.3. The fourth-order valence-electron chi connectivity index (χ4n) is 8.13. The zero-order chi connectivity index (χ0) is 57.5. The molecule has 420 valence electrons. The van der Waals surface area contributed by atoms with E-state index in [2.05, 4.69) is 51.8 Å². The van der Waals surface area contributed by atoms with Gasteiger partial charge in [0.25, 0.3) is 23.6 Å². The van der Waals surface area contributed by atoms with Crippen molar-refractivity contribution in [3.63, 3.8) is 0 Å². The Bertz CT molecular complexity index is 3660. The van der Waals surface area contributed by atoms with Gasteiger partial charge in [-0.25, -0.2) is 34.9 Å². The van der Waals surface area contributed by atoms with Crippen LogP contribution in [-0.2, 0) is 20.9 Å². The van der Waals surface area contributed by atoms with Crippen molar-refractivity contribution in [3.05, 3.63) is 117 Å². The van der Waals surface area contributed by atoms with E-state index in [0.717, 1.165) is 11.3 Å². The minimum Gasteiger partial charge on any atom is -0.386 e. The van der Waals surface area contributed by atoms with Crippen molar-refractivity contribution in [1.82, 2.24) is 66.8 Å². The third kappa shape index (κ3) is 13.5. The van der Waals surface area contributed by atoms with Crippen LogP contribution in [0, 0.1) is 12.8 Å². The molecule has 10 bridgehead atoms. The van der Waals surface area contributed by atoms with Gasteiger partial charge in [-0.05, 0) is 30.5 Å². The Morgan fingerprint density at radius 2 is 1.46 bits per heavy atom. The molecule has 0 aliphatic carbocycles. The minimum absolute atomic E-state index is 0.00205. The third-order valence-electron chi connectivity index (χ3n) is 12.2. The van der Waals surface area contributed by atoms with Crippen molar-refractivity contribution in [2.24, 2.45) is 22.4 Å². The van der Waals surface area contributed by atoms with E-state index in [4.69, 9.17) is 36.1 Å². The molecular formula is C51H52N16O8S6. The van der Waals surface area contributed by atoms with Gasteiger partial charge >= 0.3 is 0 Å².